The molecule has 1 saturated carbocycles. The molecule has 1 N–H and O–H groups in total. The van der Waals surface area contributed by atoms with Gasteiger partial charge in [-0.3, -0.25) is 4.79 Å². The van der Waals surface area contributed by atoms with Gasteiger partial charge in [0, 0.05) is 22.5 Å². The van der Waals surface area contributed by atoms with Crippen LogP contribution >= 0.6 is 27.5 Å². The fourth-order valence-electron chi connectivity index (χ4n) is 2.95. The smallest absolute Gasteiger partial charge is 0.251 e. The number of alkyl halides is 1. The van der Waals surface area contributed by atoms with Crippen molar-refractivity contribution in [2.75, 3.05) is 11.9 Å². The summed E-state index contributed by atoms with van der Waals surface area (Å²) in [6, 6.07) is 5.47. The molecule has 1 amide bonds. The first kappa shape index (κ1) is 15.8. The molecule has 1 aromatic rings. The average Bonchev–Trinajstić information content (AvgIpc) is 2.44. The molecule has 0 bridgehead atoms. The van der Waals surface area contributed by atoms with Crippen molar-refractivity contribution in [3.05, 3.63) is 34.3 Å². The summed E-state index contributed by atoms with van der Waals surface area (Å²) in [6.07, 6.45) is 5.07. The van der Waals surface area contributed by atoms with Gasteiger partial charge in [0.1, 0.15) is 0 Å². The van der Waals surface area contributed by atoms with E-state index in [0.29, 0.717) is 22.4 Å². The molecule has 2 atom stereocenters. The highest BCUT2D eigenvalue weighted by molar-refractivity contribution is 9.09. The SMILES string of the molecule is Cc1cc(Cl)cc(C(=O)NCC2CCCCC2CBr)c1. The molecule has 0 heterocycles. The minimum atomic E-state index is -0.0190. The van der Waals surface area contributed by atoms with Gasteiger partial charge in [0.25, 0.3) is 5.91 Å². The number of nitrogens with one attached hydrogen (secondary N) is 1. The lowest BCUT2D eigenvalue weighted by atomic mass is 9.80. The highest BCUT2D eigenvalue weighted by Crippen LogP contribution is 2.30. The summed E-state index contributed by atoms with van der Waals surface area (Å²) < 4.78 is 0. The van der Waals surface area contributed by atoms with E-state index in [9.17, 15) is 4.79 Å². The first-order valence-electron chi connectivity index (χ1n) is 7.21. The normalized spacial score (nSPS) is 22.6. The van der Waals surface area contributed by atoms with Gasteiger partial charge < -0.3 is 5.32 Å². The van der Waals surface area contributed by atoms with Gasteiger partial charge in [-0.1, -0.05) is 40.4 Å². The fourth-order valence-corrected chi connectivity index (χ4v) is 4.09. The maximum atomic E-state index is 12.2. The fraction of sp³-hybridized carbons (Fsp3) is 0.562. The molecule has 2 rings (SSSR count). The lowest BCUT2D eigenvalue weighted by molar-refractivity contribution is 0.0937. The van der Waals surface area contributed by atoms with Crippen LogP contribution in [0.4, 0.5) is 0 Å². The Labute approximate surface area is 134 Å². The quantitative estimate of drug-likeness (QED) is 0.784. The monoisotopic (exact) mass is 357 g/mol. The summed E-state index contributed by atoms with van der Waals surface area (Å²) in [4.78, 5) is 12.2. The van der Waals surface area contributed by atoms with Crippen LogP contribution in [0.15, 0.2) is 18.2 Å². The zero-order valence-electron chi connectivity index (χ0n) is 11.8. The molecule has 2 unspecified atom stereocenters. The van der Waals surface area contributed by atoms with Crippen LogP contribution < -0.4 is 5.32 Å². The molecular formula is C16H21BrClNO. The van der Waals surface area contributed by atoms with E-state index in [1.165, 1.54) is 25.7 Å². The number of aryl methyl sites for hydroxylation is 1. The van der Waals surface area contributed by atoms with Crippen molar-refractivity contribution in [3.8, 4) is 0 Å². The maximum absolute atomic E-state index is 12.2. The molecule has 0 aliphatic heterocycles. The summed E-state index contributed by atoms with van der Waals surface area (Å²) in [6.45, 7) is 2.71. The lowest BCUT2D eigenvalue weighted by Gasteiger charge is -2.30. The summed E-state index contributed by atoms with van der Waals surface area (Å²) in [5.41, 5.74) is 1.67. The number of benzene rings is 1. The van der Waals surface area contributed by atoms with E-state index >= 15 is 0 Å². The van der Waals surface area contributed by atoms with Gasteiger partial charge in [-0.15, -0.1) is 0 Å². The lowest BCUT2D eigenvalue weighted by Crippen LogP contribution is -2.34. The molecule has 1 aliphatic rings. The predicted octanol–water partition coefficient (Wildman–Crippen LogP) is 4.58. The molecule has 0 radical (unpaired) electrons. The third kappa shape index (κ3) is 4.23. The van der Waals surface area contributed by atoms with Crippen LogP contribution in [0.2, 0.25) is 5.02 Å². The Morgan fingerprint density at radius 1 is 1.30 bits per heavy atom. The van der Waals surface area contributed by atoms with Crippen LogP contribution in [0.1, 0.15) is 41.6 Å². The minimum absolute atomic E-state index is 0.0190. The van der Waals surface area contributed by atoms with Gasteiger partial charge in [0.05, 0.1) is 0 Å². The number of halogens is 2. The van der Waals surface area contributed by atoms with Crippen molar-refractivity contribution in [1.82, 2.24) is 5.32 Å². The predicted molar refractivity (Wildman–Crippen MR) is 87.8 cm³/mol. The van der Waals surface area contributed by atoms with Crippen molar-refractivity contribution < 1.29 is 4.79 Å². The molecule has 2 nitrogen and oxygen atoms in total. The van der Waals surface area contributed by atoms with Crippen molar-refractivity contribution in [2.45, 2.75) is 32.6 Å². The number of hydrogen-bond acceptors (Lipinski definition) is 1. The first-order valence-corrected chi connectivity index (χ1v) is 8.71. The Kier molecular flexibility index (Phi) is 5.91. The molecule has 4 heteroatoms. The number of carbonyl (C=O) groups is 1. The summed E-state index contributed by atoms with van der Waals surface area (Å²) >= 11 is 9.59. The Morgan fingerprint density at radius 2 is 2.00 bits per heavy atom. The largest absolute Gasteiger partial charge is 0.352 e. The maximum Gasteiger partial charge on any atom is 0.251 e. The van der Waals surface area contributed by atoms with Gasteiger partial charge in [0.15, 0.2) is 0 Å². The Morgan fingerprint density at radius 3 is 2.65 bits per heavy atom. The number of carbonyl (C=O) groups excluding carboxylic acids is 1. The van der Waals surface area contributed by atoms with Gasteiger partial charge in [-0.2, -0.15) is 0 Å². The standard InChI is InChI=1S/C16H21BrClNO/c1-11-6-14(8-15(18)7-11)16(20)19-10-13-5-3-2-4-12(13)9-17/h6-8,12-13H,2-5,9-10H2,1H3,(H,19,20). The van der Waals surface area contributed by atoms with E-state index < -0.39 is 0 Å². The second kappa shape index (κ2) is 7.46. The average molecular weight is 359 g/mol. The van der Waals surface area contributed by atoms with Crippen molar-refractivity contribution in [2.24, 2.45) is 11.8 Å². The summed E-state index contributed by atoms with van der Waals surface area (Å²) in [7, 11) is 0. The van der Waals surface area contributed by atoms with Crippen LogP contribution in [0.3, 0.4) is 0 Å². The second-order valence-electron chi connectivity index (χ2n) is 5.69. The zero-order chi connectivity index (χ0) is 14.5. The zero-order valence-corrected chi connectivity index (χ0v) is 14.1. The first-order chi connectivity index (χ1) is 9.60. The molecule has 1 aromatic carbocycles. The Bertz CT molecular complexity index is 457. The van der Waals surface area contributed by atoms with E-state index in [4.69, 9.17) is 11.6 Å². The van der Waals surface area contributed by atoms with E-state index in [0.717, 1.165) is 17.4 Å². The van der Waals surface area contributed by atoms with Crippen LogP contribution in [-0.2, 0) is 0 Å². The van der Waals surface area contributed by atoms with E-state index in [1.807, 2.05) is 19.1 Å². The minimum Gasteiger partial charge on any atom is -0.352 e. The molecule has 0 saturated heterocycles. The molecule has 0 spiro atoms. The molecular weight excluding hydrogens is 338 g/mol. The van der Waals surface area contributed by atoms with Gasteiger partial charge >= 0.3 is 0 Å². The third-order valence-electron chi connectivity index (χ3n) is 4.09. The molecule has 110 valence electrons. The molecule has 0 aromatic heterocycles. The highest BCUT2D eigenvalue weighted by atomic mass is 79.9. The van der Waals surface area contributed by atoms with E-state index in [-0.39, 0.29) is 5.91 Å². The molecule has 1 fully saturated rings. The van der Waals surface area contributed by atoms with Crippen molar-refractivity contribution >= 4 is 33.4 Å². The second-order valence-corrected chi connectivity index (χ2v) is 6.77. The summed E-state index contributed by atoms with van der Waals surface area (Å²) in [5.74, 6) is 1.26. The van der Waals surface area contributed by atoms with Crippen LogP contribution in [0.5, 0.6) is 0 Å². The third-order valence-corrected chi connectivity index (χ3v) is 5.14. The van der Waals surface area contributed by atoms with E-state index in [1.54, 1.807) is 6.07 Å². The van der Waals surface area contributed by atoms with Crippen LogP contribution in [-0.4, -0.2) is 17.8 Å². The van der Waals surface area contributed by atoms with Crippen LogP contribution in [0.25, 0.3) is 0 Å². The van der Waals surface area contributed by atoms with Crippen molar-refractivity contribution in [3.63, 3.8) is 0 Å². The summed E-state index contributed by atoms with van der Waals surface area (Å²) in [5, 5.41) is 4.72. The topological polar surface area (TPSA) is 29.1 Å². The molecule has 20 heavy (non-hydrogen) atoms. The van der Waals surface area contributed by atoms with Crippen molar-refractivity contribution in [1.29, 1.82) is 0 Å². The Hall–Kier alpha value is -0.540. The highest BCUT2D eigenvalue weighted by Gasteiger charge is 2.24. The van der Waals surface area contributed by atoms with Crippen LogP contribution in [0, 0.1) is 18.8 Å². The number of hydrogen-bond donors (Lipinski definition) is 1. The number of amides is 1. The van der Waals surface area contributed by atoms with Gasteiger partial charge in [-0.05, 0) is 55.4 Å². The molecule has 1 aliphatic carbocycles. The van der Waals surface area contributed by atoms with Gasteiger partial charge in [0.2, 0.25) is 0 Å². The number of rotatable bonds is 4. The van der Waals surface area contributed by atoms with E-state index in [2.05, 4.69) is 21.2 Å². The van der Waals surface area contributed by atoms with Gasteiger partial charge in [-0.25, -0.2) is 0 Å². The Balaban J connectivity index is 1.94.